The van der Waals surface area contributed by atoms with Crippen molar-refractivity contribution in [3.63, 3.8) is 0 Å². The zero-order chi connectivity index (χ0) is 9.80. The normalized spacial score (nSPS) is 15.9. The summed E-state index contributed by atoms with van der Waals surface area (Å²) < 4.78 is 4.94. The van der Waals surface area contributed by atoms with Gasteiger partial charge in [-0.2, -0.15) is 0 Å². The van der Waals surface area contributed by atoms with E-state index in [1.54, 1.807) is 12.5 Å². The van der Waals surface area contributed by atoms with Crippen LogP contribution in [-0.2, 0) is 6.54 Å². The van der Waals surface area contributed by atoms with Crippen molar-refractivity contribution in [1.29, 1.82) is 5.41 Å². The highest BCUT2D eigenvalue weighted by Crippen LogP contribution is 2.06. The largest absolute Gasteiger partial charge is 0.472 e. The van der Waals surface area contributed by atoms with Gasteiger partial charge in [-0.25, -0.2) is 0 Å². The Morgan fingerprint density at radius 3 is 3.21 bits per heavy atom. The van der Waals surface area contributed by atoms with Crippen molar-refractivity contribution in [1.82, 2.24) is 10.2 Å². The third-order valence-corrected chi connectivity index (χ3v) is 2.31. The lowest BCUT2D eigenvalue weighted by molar-refractivity contribution is 0.496. The Morgan fingerprint density at radius 1 is 1.64 bits per heavy atom. The van der Waals surface area contributed by atoms with Crippen molar-refractivity contribution in [2.24, 2.45) is 0 Å². The number of furan rings is 1. The summed E-state index contributed by atoms with van der Waals surface area (Å²) in [5, 5.41) is 10.8. The summed E-state index contributed by atoms with van der Waals surface area (Å²) in [4.78, 5) is 2.01. The van der Waals surface area contributed by atoms with Gasteiger partial charge in [0.2, 0.25) is 0 Å². The van der Waals surface area contributed by atoms with E-state index in [9.17, 15) is 0 Å². The molecule has 0 amide bonds. The molecule has 1 aliphatic rings. The molecule has 0 bridgehead atoms. The molecule has 0 aliphatic carbocycles. The Bertz CT molecular complexity index is 288. The van der Waals surface area contributed by atoms with Crippen molar-refractivity contribution in [3.05, 3.63) is 30.6 Å². The van der Waals surface area contributed by atoms with Gasteiger partial charge in [0.1, 0.15) is 0 Å². The lowest BCUT2D eigenvalue weighted by Gasteiger charge is -2.18. The van der Waals surface area contributed by atoms with Gasteiger partial charge in [0.15, 0.2) is 5.96 Å². The van der Waals surface area contributed by atoms with E-state index >= 15 is 0 Å². The number of nitrogens with zero attached hydrogens (tertiary/aromatic N) is 1. The molecule has 0 aromatic carbocycles. The molecule has 1 saturated heterocycles. The van der Waals surface area contributed by atoms with Crippen LogP contribution >= 0.6 is 0 Å². The number of guanidine groups is 1. The van der Waals surface area contributed by atoms with Crippen LogP contribution in [0.2, 0.25) is 0 Å². The Hall–Kier alpha value is -1.45. The molecule has 1 aromatic rings. The van der Waals surface area contributed by atoms with E-state index in [4.69, 9.17) is 9.83 Å². The van der Waals surface area contributed by atoms with E-state index in [2.05, 4.69) is 11.7 Å². The third kappa shape index (κ3) is 2.07. The van der Waals surface area contributed by atoms with E-state index < -0.39 is 0 Å². The average molecular weight is 192 g/mol. The highest BCUT2D eigenvalue weighted by Gasteiger charge is 2.14. The summed E-state index contributed by atoms with van der Waals surface area (Å²) in [6.07, 6.45) is 6.60. The van der Waals surface area contributed by atoms with Gasteiger partial charge in [0.05, 0.1) is 12.5 Å². The summed E-state index contributed by atoms with van der Waals surface area (Å²) >= 11 is 0. The van der Waals surface area contributed by atoms with Gasteiger partial charge in [-0.15, -0.1) is 0 Å². The van der Waals surface area contributed by atoms with Gasteiger partial charge in [-0.1, -0.05) is 0 Å². The number of rotatable bonds is 2. The number of hydrogen-bond acceptors (Lipinski definition) is 2. The first-order valence-corrected chi connectivity index (χ1v) is 4.76. The first-order valence-electron chi connectivity index (χ1n) is 4.76. The monoisotopic (exact) mass is 192 g/mol. The molecule has 0 atom stereocenters. The van der Waals surface area contributed by atoms with Crippen LogP contribution in [0.15, 0.2) is 23.0 Å². The van der Waals surface area contributed by atoms with E-state index in [0.29, 0.717) is 12.5 Å². The minimum Gasteiger partial charge on any atom is -0.472 e. The second kappa shape index (κ2) is 4.17. The zero-order valence-corrected chi connectivity index (χ0v) is 7.99. The average Bonchev–Trinajstić information content (AvgIpc) is 2.87. The molecule has 75 valence electrons. The molecule has 2 heterocycles. The Balaban J connectivity index is 1.77. The Morgan fingerprint density at radius 2 is 2.57 bits per heavy atom. The van der Waals surface area contributed by atoms with E-state index in [-0.39, 0.29) is 0 Å². The maximum Gasteiger partial charge on any atom is 0.191 e. The van der Waals surface area contributed by atoms with Crippen LogP contribution in [0.1, 0.15) is 12.0 Å². The minimum atomic E-state index is 0.500. The van der Waals surface area contributed by atoms with E-state index in [1.807, 2.05) is 11.0 Å². The molecule has 4 heteroatoms. The van der Waals surface area contributed by atoms with Crippen LogP contribution in [0.4, 0.5) is 0 Å². The van der Waals surface area contributed by atoms with Crippen LogP contribution in [0, 0.1) is 11.8 Å². The fourth-order valence-electron chi connectivity index (χ4n) is 1.48. The van der Waals surface area contributed by atoms with Crippen molar-refractivity contribution in [2.45, 2.75) is 13.0 Å². The topological polar surface area (TPSA) is 52.3 Å². The third-order valence-electron chi connectivity index (χ3n) is 2.31. The van der Waals surface area contributed by atoms with Crippen molar-refractivity contribution < 1.29 is 4.42 Å². The summed E-state index contributed by atoms with van der Waals surface area (Å²) in [6, 6.07) is 1.90. The second-order valence-electron chi connectivity index (χ2n) is 3.36. The molecular weight excluding hydrogens is 178 g/mol. The van der Waals surface area contributed by atoms with Gasteiger partial charge < -0.3 is 14.6 Å². The molecule has 4 nitrogen and oxygen atoms in total. The fraction of sp³-hybridized carbons (Fsp3) is 0.400. The molecule has 0 saturated carbocycles. The highest BCUT2D eigenvalue weighted by molar-refractivity contribution is 5.77. The highest BCUT2D eigenvalue weighted by atomic mass is 16.3. The molecule has 1 fully saturated rings. The molecule has 0 unspecified atom stereocenters. The van der Waals surface area contributed by atoms with E-state index in [0.717, 1.165) is 25.1 Å². The molecular formula is C10H14N3O. The smallest absolute Gasteiger partial charge is 0.191 e. The quantitative estimate of drug-likeness (QED) is 0.547. The standard InChI is InChI=1S/C10H14N3O/c11-10(13-4-1-2-5-13)12-7-9-3-6-14-8-9/h1,3,6,8H,2,4-5,7H2,(H2,11,12). The van der Waals surface area contributed by atoms with Gasteiger partial charge in [-0.3, -0.25) is 5.41 Å². The predicted octanol–water partition coefficient (Wildman–Crippen LogP) is 1.21. The summed E-state index contributed by atoms with van der Waals surface area (Å²) in [7, 11) is 0. The van der Waals surface area contributed by atoms with Gasteiger partial charge >= 0.3 is 0 Å². The Kier molecular flexibility index (Phi) is 2.72. The maximum atomic E-state index is 7.75. The summed E-state index contributed by atoms with van der Waals surface area (Å²) in [5.74, 6) is 0.500. The molecule has 1 radical (unpaired) electrons. The first-order chi connectivity index (χ1) is 6.86. The van der Waals surface area contributed by atoms with Crippen molar-refractivity contribution in [3.8, 4) is 0 Å². The molecule has 14 heavy (non-hydrogen) atoms. The second-order valence-corrected chi connectivity index (χ2v) is 3.36. The first kappa shape index (κ1) is 9.12. The molecule has 2 N–H and O–H groups in total. The minimum absolute atomic E-state index is 0.500. The molecule has 1 aromatic heterocycles. The van der Waals surface area contributed by atoms with Gasteiger partial charge in [0.25, 0.3) is 0 Å². The van der Waals surface area contributed by atoms with Crippen LogP contribution < -0.4 is 5.32 Å². The lowest BCUT2D eigenvalue weighted by atomic mass is 10.3. The van der Waals surface area contributed by atoms with Gasteiger partial charge in [-0.05, 0) is 18.9 Å². The molecule has 1 aliphatic heterocycles. The summed E-state index contributed by atoms with van der Waals surface area (Å²) in [5.41, 5.74) is 1.07. The SMILES string of the molecule is N=C(NCc1ccoc1)N1C[CH]CC1. The van der Waals surface area contributed by atoms with Crippen molar-refractivity contribution >= 4 is 5.96 Å². The van der Waals surface area contributed by atoms with Crippen LogP contribution in [-0.4, -0.2) is 23.9 Å². The number of likely N-dealkylation sites (tertiary alicyclic amines) is 1. The van der Waals surface area contributed by atoms with Crippen LogP contribution in [0.3, 0.4) is 0 Å². The van der Waals surface area contributed by atoms with Crippen LogP contribution in [0.5, 0.6) is 0 Å². The van der Waals surface area contributed by atoms with Crippen molar-refractivity contribution in [2.75, 3.05) is 13.1 Å². The van der Waals surface area contributed by atoms with E-state index in [1.165, 1.54) is 0 Å². The zero-order valence-electron chi connectivity index (χ0n) is 7.99. The number of nitrogens with one attached hydrogen (secondary N) is 2. The maximum absolute atomic E-state index is 7.75. The predicted molar refractivity (Wildman–Crippen MR) is 53.8 cm³/mol. The lowest BCUT2D eigenvalue weighted by Crippen LogP contribution is -2.38. The van der Waals surface area contributed by atoms with Crippen LogP contribution in [0.25, 0.3) is 0 Å². The molecule has 0 spiro atoms. The Labute approximate surface area is 83.4 Å². The van der Waals surface area contributed by atoms with Gasteiger partial charge in [0, 0.05) is 25.2 Å². The summed E-state index contributed by atoms with van der Waals surface area (Å²) in [6.45, 7) is 2.50. The number of hydrogen-bond donors (Lipinski definition) is 2. The molecule has 2 rings (SSSR count). The fourth-order valence-corrected chi connectivity index (χ4v) is 1.48.